The Morgan fingerprint density at radius 3 is 2.32 bits per heavy atom. The van der Waals surface area contributed by atoms with Crippen molar-refractivity contribution in [2.24, 2.45) is 5.73 Å². The van der Waals surface area contributed by atoms with E-state index in [0.717, 1.165) is 12.0 Å². The Labute approximate surface area is 136 Å². The standard InChI is InChI=1S/C18H24N2OS/c1-4-12(2)14-7-9-15(10-8-14)17(16-6-5-11-22-16)20-13(3)18(19)21/h5-13,17,20H,4H2,1-3H3,(H2,19,21)/t12-,13-,17+/m0/s1. The molecule has 2 rings (SSSR count). The van der Waals surface area contributed by atoms with Gasteiger partial charge in [0, 0.05) is 4.88 Å². The van der Waals surface area contributed by atoms with Crippen molar-refractivity contribution in [3.8, 4) is 0 Å². The molecule has 0 spiro atoms. The summed E-state index contributed by atoms with van der Waals surface area (Å²) in [5.41, 5.74) is 7.90. The first kappa shape index (κ1) is 16.7. The number of hydrogen-bond donors (Lipinski definition) is 2. The van der Waals surface area contributed by atoms with Crippen molar-refractivity contribution in [3.63, 3.8) is 0 Å². The van der Waals surface area contributed by atoms with Gasteiger partial charge in [0.2, 0.25) is 5.91 Å². The molecular weight excluding hydrogens is 292 g/mol. The fourth-order valence-electron chi connectivity index (χ4n) is 2.38. The van der Waals surface area contributed by atoms with Crippen molar-refractivity contribution in [1.82, 2.24) is 5.32 Å². The third kappa shape index (κ3) is 3.96. The lowest BCUT2D eigenvalue weighted by atomic mass is 9.95. The molecule has 22 heavy (non-hydrogen) atoms. The first-order valence-corrected chi connectivity index (χ1v) is 8.59. The molecule has 3 nitrogen and oxygen atoms in total. The number of benzene rings is 1. The predicted octanol–water partition coefficient (Wildman–Crippen LogP) is 3.81. The van der Waals surface area contributed by atoms with Gasteiger partial charge in [0.25, 0.3) is 0 Å². The van der Waals surface area contributed by atoms with Crippen LogP contribution in [0.2, 0.25) is 0 Å². The lowest BCUT2D eigenvalue weighted by molar-refractivity contribution is -0.119. The lowest BCUT2D eigenvalue weighted by Crippen LogP contribution is -2.40. The second-order valence-electron chi connectivity index (χ2n) is 5.72. The minimum Gasteiger partial charge on any atom is -0.368 e. The zero-order chi connectivity index (χ0) is 16.1. The second-order valence-corrected chi connectivity index (χ2v) is 6.69. The highest BCUT2D eigenvalue weighted by Crippen LogP contribution is 2.28. The van der Waals surface area contributed by atoms with Gasteiger partial charge in [-0.15, -0.1) is 11.3 Å². The van der Waals surface area contributed by atoms with Crippen LogP contribution in [0.15, 0.2) is 41.8 Å². The Bertz CT molecular complexity index is 592. The molecular formula is C18H24N2OS. The van der Waals surface area contributed by atoms with Crippen LogP contribution in [-0.4, -0.2) is 11.9 Å². The van der Waals surface area contributed by atoms with Crippen molar-refractivity contribution in [1.29, 1.82) is 0 Å². The van der Waals surface area contributed by atoms with E-state index in [9.17, 15) is 4.79 Å². The van der Waals surface area contributed by atoms with E-state index in [1.165, 1.54) is 10.4 Å². The molecule has 1 heterocycles. The van der Waals surface area contributed by atoms with Crippen LogP contribution in [0, 0.1) is 0 Å². The van der Waals surface area contributed by atoms with E-state index >= 15 is 0 Å². The lowest BCUT2D eigenvalue weighted by Gasteiger charge is -2.22. The maximum absolute atomic E-state index is 11.4. The Morgan fingerprint density at radius 2 is 1.82 bits per heavy atom. The molecule has 0 saturated heterocycles. The zero-order valence-electron chi connectivity index (χ0n) is 13.4. The molecule has 0 aliphatic carbocycles. The molecule has 0 unspecified atom stereocenters. The molecule has 2 aromatic rings. The third-order valence-electron chi connectivity index (χ3n) is 4.12. The summed E-state index contributed by atoms with van der Waals surface area (Å²) in [5, 5.41) is 5.38. The molecule has 0 aliphatic rings. The number of nitrogens with two attached hydrogens (primary N) is 1. The molecule has 0 aliphatic heterocycles. The minimum atomic E-state index is -0.374. The van der Waals surface area contributed by atoms with Crippen molar-refractivity contribution in [3.05, 3.63) is 57.8 Å². The van der Waals surface area contributed by atoms with Gasteiger partial charge in [0.1, 0.15) is 0 Å². The number of rotatable bonds is 7. The van der Waals surface area contributed by atoms with Crippen molar-refractivity contribution in [2.45, 2.75) is 45.2 Å². The monoisotopic (exact) mass is 316 g/mol. The second kappa shape index (κ2) is 7.56. The van der Waals surface area contributed by atoms with Gasteiger partial charge in [-0.05, 0) is 41.8 Å². The average Bonchev–Trinajstić information content (AvgIpc) is 3.05. The number of carbonyl (C=O) groups is 1. The summed E-state index contributed by atoms with van der Waals surface area (Å²) in [7, 11) is 0. The van der Waals surface area contributed by atoms with E-state index in [1.807, 2.05) is 11.4 Å². The van der Waals surface area contributed by atoms with Crippen LogP contribution < -0.4 is 11.1 Å². The molecule has 3 atom stereocenters. The Balaban J connectivity index is 2.27. The van der Waals surface area contributed by atoms with Crippen LogP contribution in [0.3, 0.4) is 0 Å². The molecule has 0 fully saturated rings. The van der Waals surface area contributed by atoms with E-state index < -0.39 is 0 Å². The average molecular weight is 316 g/mol. The van der Waals surface area contributed by atoms with Crippen LogP contribution in [-0.2, 0) is 4.79 Å². The number of hydrogen-bond acceptors (Lipinski definition) is 3. The van der Waals surface area contributed by atoms with Gasteiger partial charge in [-0.3, -0.25) is 10.1 Å². The Kier molecular flexibility index (Phi) is 5.75. The maximum atomic E-state index is 11.4. The molecule has 1 amide bonds. The largest absolute Gasteiger partial charge is 0.368 e. The van der Waals surface area contributed by atoms with Crippen molar-refractivity contribution < 1.29 is 4.79 Å². The van der Waals surface area contributed by atoms with Gasteiger partial charge in [-0.1, -0.05) is 44.2 Å². The molecule has 0 bridgehead atoms. The first-order valence-electron chi connectivity index (χ1n) is 7.71. The van der Waals surface area contributed by atoms with E-state index in [1.54, 1.807) is 18.3 Å². The summed E-state index contributed by atoms with van der Waals surface area (Å²) in [5.74, 6) is 0.226. The summed E-state index contributed by atoms with van der Waals surface area (Å²) in [6.45, 7) is 6.23. The normalized spacial score (nSPS) is 15.2. The molecule has 0 saturated carbocycles. The van der Waals surface area contributed by atoms with E-state index in [4.69, 9.17) is 5.73 Å². The van der Waals surface area contributed by atoms with Crippen LogP contribution in [0.1, 0.15) is 55.2 Å². The van der Waals surface area contributed by atoms with Crippen LogP contribution in [0.25, 0.3) is 0 Å². The molecule has 4 heteroatoms. The zero-order valence-corrected chi connectivity index (χ0v) is 14.2. The molecule has 118 valence electrons. The summed E-state index contributed by atoms with van der Waals surface area (Å²) in [6, 6.07) is 12.4. The van der Waals surface area contributed by atoms with E-state index in [0.29, 0.717) is 5.92 Å². The molecule has 0 radical (unpaired) electrons. The fraction of sp³-hybridized carbons (Fsp3) is 0.389. The van der Waals surface area contributed by atoms with Gasteiger partial charge >= 0.3 is 0 Å². The number of carbonyl (C=O) groups excluding carboxylic acids is 1. The van der Waals surface area contributed by atoms with Gasteiger partial charge in [-0.25, -0.2) is 0 Å². The molecule has 1 aromatic heterocycles. The van der Waals surface area contributed by atoms with Gasteiger partial charge in [0.05, 0.1) is 12.1 Å². The predicted molar refractivity (Wildman–Crippen MR) is 93.1 cm³/mol. The van der Waals surface area contributed by atoms with E-state index in [-0.39, 0.29) is 18.0 Å². The summed E-state index contributed by atoms with van der Waals surface area (Å²) >= 11 is 1.68. The summed E-state index contributed by atoms with van der Waals surface area (Å²) < 4.78 is 0. The molecule has 1 aromatic carbocycles. The van der Waals surface area contributed by atoms with Gasteiger partial charge < -0.3 is 5.73 Å². The quantitative estimate of drug-likeness (QED) is 0.816. The van der Waals surface area contributed by atoms with Crippen molar-refractivity contribution >= 4 is 17.2 Å². The topological polar surface area (TPSA) is 55.1 Å². The highest BCUT2D eigenvalue weighted by molar-refractivity contribution is 7.10. The van der Waals surface area contributed by atoms with Crippen LogP contribution in [0.5, 0.6) is 0 Å². The van der Waals surface area contributed by atoms with Crippen LogP contribution >= 0.6 is 11.3 Å². The highest BCUT2D eigenvalue weighted by Gasteiger charge is 2.20. The SMILES string of the molecule is CC[C@H](C)c1ccc([C@@H](N[C@@H](C)C(N)=O)c2cccs2)cc1. The minimum absolute atomic E-state index is 0.00603. The number of primary amides is 1. The Morgan fingerprint density at radius 1 is 1.18 bits per heavy atom. The van der Waals surface area contributed by atoms with Crippen LogP contribution in [0.4, 0.5) is 0 Å². The number of amides is 1. The number of nitrogens with one attached hydrogen (secondary N) is 1. The summed E-state index contributed by atoms with van der Waals surface area (Å²) in [6.07, 6.45) is 1.13. The van der Waals surface area contributed by atoms with E-state index in [2.05, 4.69) is 49.5 Å². The number of thiophene rings is 1. The third-order valence-corrected chi connectivity index (χ3v) is 5.06. The summed E-state index contributed by atoms with van der Waals surface area (Å²) in [4.78, 5) is 12.6. The first-order chi connectivity index (χ1) is 10.5. The van der Waals surface area contributed by atoms with Gasteiger partial charge in [-0.2, -0.15) is 0 Å². The van der Waals surface area contributed by atoms with Crippen molar-refractivity contribution in [2.75, 3.05) is 0 Å². The molecule has 3 N–H and O–H groups in total. The smallest absolute Gasteiger partial charge is 0.234 e. The highest BCUT2D eigenvalue weighted by atomic mass is 32.1. The Hall–Kier alpha value is -1.65. The van der Waals surface area contributed by atoms with Gasteiger partial charge in [0.15, 0.2) is 0 Å². The fourth-order valence-corrected chi connectivity index (χ4v) is 3.19. The maximum Gasteiger partial charge on any atom is 0.234 e.